The summed E-state index contributed by atoms with van der Waals surface area (Å²) in [4.78, 5) is 0.953. The van der Waals surface area contributed by atoms with Crippen LogP contribution in [0.4, 0.5) is 0 Å². The number of aliphatic hydroxyl groups is 1. The summed E-state index contributed by atoms with van der Waals surface area (Å²) in [7, 11) is 3.28. The molecular weight excluding hydrogens is 298 g/mol. The van der Waals surface area contributed by atoms with Crippen molar-refractivity contribution in [2.45, 2.75) is 25.5 Å². The molecule has 5 heteroatoms. The minimum absolute atomic E-state index is 0.0484. The molecule has 0 bridgehead atoms. The Labute approximate surface area is 135 Å². The molecule has 4 nitrogen and oxygen atoms in total. The van der Waals surface area contributed by atoms with Crippen molar-refractivity contribution in [1.29, 1.82) is 0 Å². The summed E-state index contributed by atoms with van der Waals surface area (Å²) in [5, 5.41) is 15.9. The van der Waals surface area contributed by atoms with E-state index in [9.17, 15) is 5.11 Å². The lowest BCUT2D eigenvalue weighted by molar-refractivity contribution is 0.0580. The van der Waals surface area contributed by atoms with Crippen molar-refractivity contribution in [3.8, 4) is 11.5 Å². The van der Waals surface area contributed by atoms with E-state index in [-0.39, 0.29) is 6.04 Å². The van der Waals surface area contributed by atoms with E-state index < -0.39 is 5.60 Å². The number of rotatable bonds is 7. The van der Waals surface area contributed by atoms with Gasteiger partial charge in [0.1, 0.15) is 17.1 Å². The molecule has 2 N–H and O–H groups in total. The number of benzene rings is 1. The zero-order valence-electron chi connectivity index (χ0n) is 13.4. The van der Waals surface area contributed by atoms with Gasteiger partial charge in [-0.3, -0.25) is 0 Å². The Hall–Kier alpha value is -1.56. The summed E-state index contributed by atoms with van der Waals surface area (Å²) in [5.41, 5.74) is 0.146. The van der Waals surface area contributed by atoms with Crippen molar-refractivity contribution < 1.29 is 14.6 Å². The van der Waals surface area contributed by atoms with Crippen LogP contribution < -0.4 is 14.8 Å². The molecule has 1 heterocycles. The topological polar surface area (TPSA) is 50.7 Å². The largest absolute Gasteiger partial charge is 0.497 e. The van der Waals surface area contributed by atoms with Gasteiger partial charge in [-0.1, -0.05) is 12.1 Å². The average Bonchev–Trinajstić information content (AvgIpc) is 3.07. The fraction of sp³-hybridized carbons (Fsp3) is 0.412. The molecule has 0 aliphatic heterocycles. The van der Waals surface area contributed by atoms with E-state index in [0.717, 1.165) is 21.9 Å². The zero-order valence-corrected chi connectivity index (χ0v) is 14.2. The SMILES string of the molecule is COc1ccc([C@@H](C)NC[C@](C)(O)c2cccs2)c(OC)c1. The highest BCUT2D eigenvalue weighted by Gasteiger charge is 2.25. The number of thiophene rings is 1. The summed E-state index contributed by atoms with van der Waals surface area (Å²) in [5.74, 6) is 1.54. The smallest absolute Gasteiger partial charge is 0.127 e. The van der Waals surface area contributed by atoms with Gasteiger partial charge in [0.2, 0.25) is 0 Å². The van der Waals surface area contributed by atoms with Gasteiger partial charge in [0.25, 0.3) is 0 Å². The van der Waals surface area contributed by atoms with Crippen molar-refractivity contribution in [1.82, 2.24) is 5.32 Å². The fourth-order valence-corrected chi connectivity index (χ4v) is 3.10. The molecule has 120 valence electrons. The van der Waals surface area contributed by atoms with E-state index in [1.165, 1.54) is 0 Å². The zero-order chi connectivity index (χ0) is 16.2. The molecule has 2 atom stereocenters. The molecular formula is C17H23NO3S. The highest BCUT2D eigenvalue weighted by molar-refractivity contribution is 7.10. The molecule has 0 aliphatic carbocycles. The lowest BCUT2D eigenvalue weighted by atomic mass is 10.0. The van der Waals surface area contributed by atoms with Crippen molar-refractivity contribution in [2.75, 3.05) is 20.8 Å². The van der Waals surface area contributed by atoms with Crippen LogP contribution in [0.25, 0.3) is 0 Å². The summed E-state index contributed by atoms with van der Waals surface area (Å²) in [6.45, 7) is 4.34. The number of methoxy groups -OCH3 is 2. The quantitative estimate of drug-likeness (QED) is 0.821. The van der Waals surface area contributed by atoms with Gasteiger partial charge in [-0.05, 0) is 31.4 Å². The van der Waals surface area contributed by atoms with Crippen molar-refractivity contribution >= 4 is 11.3 Å². The number of ether oxygens (including phenoxy) is 2. The maximum Gasteiger partial charge on any atom is 0.127 e. The Morgan fingerprint density at radius 2 is 2.05 bits per heavy atom. The Morgan fingerprint density at radius 1 is 1.27 bits per heavy atom. The third kappa shape index (κ3) is 3.80. The molecule has 0 fully saturated rings. The number of hydrogen-bond donors (Lipinski definition) is 2. The van der Waals surface area contributed by atoms with Crippen molar-refractivity contribution in [3.05, 3.63) is 46.2 Å². The summed E-state index contributed by atoms with van der Waals surface area (Å²) in [6, 6.07) is 9.70. The minimum atomic E-state index is -0.887. The molecule has 0 saturated heterocycles. The first-order chi connectivity index (χ1) is 10.5. The van der Waals surface area contributed by atoms with Crippen LogP contribution in [-0.4, -0.2) is 25.9 Å². The number of nitrogens with one attached hydrogen (secondary N) is 1. The van der Waals surface area contributed by atoms with E-state index in [1.807, 2.05) is 42.6 Å². The molecule has 1 aromatic carbocycles. The molecule has 22 heavy (non-hydrogen) atoms. The Morgan fingerprint density at radius 3 is 2.64 bits per heavy atom. The highest BCUT2D eigenvalue weighted by Crippen LogP contribution is 2.30. The van der Waals surface area contributed by atoms with Gasteiger partial charge in [-0.15, -0.1) is 11.3 Å². The predicted molar refractivity (Wildman–Crippen MR) is 89.9 cm³/mol. The van der Waals surface area contributed by atoms with Gasteiger partial charge in [0, 0.05) is 29.1 Å². The summed E-state index contributed by atoms with van der Waals surface area (Å²) >= 11 is 1.56. The van der Waals surface area contributed by atoms with E-state index in [4.69, 9.17) is 9.47 Å². The first kappa shape index (κ1) is 16.8. The van der Waals surface area contributed by atoms with Gasteiger partial charge < -0.3 is 19.9 Å². The van der Waals surface area contributed by atoms with E-state index >= 15 is 0 Å². The molecule has 0 aliphatic rings. The van der Waals surface area contributed by atoms with E-state index in [0.29, 0.717) is 6.54 Å². The second-order valence-electron chi connectivity index (χ2n) is 5.46. The summed E-state index contributed by atoms with van der Waals surface area (Å²) < 4.78 is 10.6. The van der Waals surface area contributed by atoms with Gasteiger partial charge >= 0.3 is 0 Å². The molecule has 0 spiro atoms. The van der Waals surface area contributed by atoms with Crippen molar-refractivity contribution in [3.63, 3.8) is 0 Å². The predicted octanol–water partition coefficient (Wildman–Crippen LogP) is 3.32. The summed E-state index contributed by atoms with van der Waals surface area (Å²) in [6.07, 6.45) is 0. The van der Waals surface area contributed by atoms with Crippen LogP contribution in [0.2, 0.25) is 0 Å². The lowest BCUT2D eigenvalue weighted by Gasteiger charge is -2.26. The molecule has 0 amide bonds. The molecule has 0 unspecified atom stereocenters. The number of hydrogen-bond acceptors (Lipinski definition) is 5. The van der Waals surface area contributed by atoms with Crippen LogP contribution in [-0.2, 0) is 5.60 Å². The van der Waals surface area contributed by atoms with Crippen LogP contribution in [0.15, 0.2) is 35.7 Å². The molecule has 1 aromatic heterocycles. The van der Waals surface area contributed by atoms with Crippen LogP contribution in [0.3, 0.4) is 0 Å². The average molecular weight is 321 g/mol. The monoisotopic (exact) mass is 321 g/mol. The normalized spacial score (nSPS) is 15.1. The second-order valence-corrected chi connectivity index (χ2v) is 6.41. The van der Waals surface area contributed by atoms with Crippen LogP contribution in [0.5, 0.6) is 11.5 Å². The van der Waals surface area contributed by atoms with Crippen molar-refractivity contribution in [2.24, 2.45) is 0 Å². The van der Waals surface area contributed by atoms with Gasteiger partial charge in [-0.25, -0.2) is 0 Å². The lowest BCUT2D eigenvalue weighted by Crippen LogP contribution is -2.36. The molecule has 0 saturated carbocycles. The van der Waals surface area contributed by atoms with E-state index in [1.54, 1.807) is 25.6 Å². The Kier molecular flexibility index (Phi) is 5.45. The van der Waals surface area contributed by atoms with Gasteiger partial charge in [0.05, 0.1) is 14.2 Å². The molecule has 2 aromatic rings. The second kappa shape index (κ2) is 7.13. The fourth-order valence-electron chi connectivity index (χ4n) is 2.31. The Bertz CT molecular complexity index is 596. The third-order valence-corrected chi connectivity index (χ3v) is 4.83. The first-order valence-corrected chi connectivity index (χ1v) is 8.07. The third-order valence-electron chi connectivity index (χ3n) is 3.71. The van der Waals surface area contributed by atoms with Gasteiger partial charge in [-0.2, -0.15) is 0 Å². The first-order valence-electron chi connectivity index (χ1n) is 7.19. The Balaban J connectivity index is 2.08. The van der Waals surface area contributed by atoms with Crippen LogP contribution in [0.1, 0.15) is 30.3 Å². The highest BCUT2D eigenvalue weighted by atomic mass is 32.1. The maximum absolute atomic E-state index is 10.6. The van der Waals surface area contributed by atoms with E-state index in [2.05, 4.69) is 12.2 Å². The van der Waals surface area contributed by atoms with Crippen LogP contribution in [0, 0.1) is 0 Å². The van der Waals surface area contributed by atoms with Crippen LogP contribution >= 0.6 is 11.3 Å². The molecule has 0 radical (unpaired) electrons. The minimum Gasteiger partial charge on any atom is -0.497 e. The maximum atomic E-state index is 10.6. The standard InChI is InChI=1S/C17H23NO3S/c1-12(14-8-7-13(20-3)10-15(14)21-4)18-11-17(2,19)16-6-5-9-22-16/h5-10,12,18-19H,11H2,1-4H3/t12-,17+/m1/s1. The molecule has 2 rings (SSSR count). The van der Waals surface area contributed by atoms with Gasteiger partial charge in [0.15, 0.2) is 0 Å².